The van der Waals surface area contributed by atoms with Gasteiger partial charge in [-0.1, -0.05) is 42.0 Å². The fourth-order valence-corrected chi connectivity index (χ4v) is 4.63. The first-order valence-electron chi connectivity index (χ1n) is 9.74. The van der Waals surface area contributed by atoms with Gasteiger partial charge in [0.15, 0.2) is 15.8 Å². The molecule has 2 aromatic carbocycles. The van der Waals surface area contributed by atoms with Crippen molar-refractivity contribution in [2.24, 2.45) is 4.99 Å². The zero-order valence-electron chi connectivity index (χ0n) is 17.7. The molecular formula is C22H31N3O2S2. The molecule has 158 valence electrons. The van der Waals surface area contributed by atoms with E-state index in [0.717, 1.165) is 41.7 Å². The number of hydrogen-bond acceptors (Lipinski definition) is 4. The molecule has 0 aliphatic rings. The van der Waals surface area contributed by atoms with E-state index in [0.29, 0.717) is 11.4 Å². The molecular weight excluding hydrogens is 402 g/mol. The van der Waals surface area contributed by atoms with Crippen molar-refractivity contribution in [1.82, 2.24) is 10.6 Å². The van der Waals surface area contributed by atoms with Crippen molar-refractivity contribution >= 4 is 27.6 Å². The summed E-state index contributed by atoms with van der Waals surface area (Å²) in [6, 6.07) is 14.0. The van der Waals surface area contributed by atoms with Crippen LogP contribution < -0.4 is 10.6 Å². The Morgan fingerprint density at radius 1 is 1.03 bits per heavy atom. The van der Waals surface area contributed by atoms with Crippen LogP contribution in [0.3, 0.4) is 0 Å². The summed E-state index contributed by atoms with van der Waals surface area (Å²) in [6.07, 6.45) is 1.23. The van der Waals surface area contributed by atoms with Crippen molar-refractivity contribution in [3.8, 4) is 0 Å². The van der Waals surface area contributed by atoms with Crippen molar-refractivity contribution in [3.63, 3.8) is 0 Å². The van der Waals surface area contributed by atoms with Gasteiger partial charge in [-0.25, -0.2) is 13.4 Å². The van der Waals surface area contributed by atoms with E-state index in [2.05, 4.69) is 46.8 Å². The number of guanidine groups is 1. The van der Waals surface area contributed by atoms with Crippen LogP contribution in [0.1, 0.15) is 29.2 Å². The molecule has 2 aromatic rings. The van der Waals surface area contributed by atoms with Crippen molar-refractivity contribution in [1.29, 1.82) is 0 Å². The third-order valence-corrected chi connectivity index (χ3v) is 6.62. The first kappa shape index (κ1) is 23.3. The normalized spacial score (nSPS) is 12.1. The summed E-state index contributed by atoms with van der Waals surface area (Å²) in [6.45, 7) is 8.07. The van der Waals surface area contributed by atoms with Gasteiger partial charge in [0.25, 0.3) is 0 Å². The highest BCUT2D eigenvalue weighted by Gasteiger charge is 2.10. The molecule has 0 amide bonds. The van der Waals surface area contributed by atoms with Gasteiger partial charge < -0.3 is 10.6 Å². The monoisotopic (exact) mass is 433 g/mol. The Kier molecular flexibility index (Phi) is 9.04. The molecule has 0 aromatic heterocycles. The fraction of sp³-hybridized carbons (Fsp3) is 0.409. The topological polar surface area (TPSA) is 70.6 Å². The highest BCUT2D eigenvalue weighted by molar-refractivity contribution is 7.98. The number of benzene rings is 2. The second-order valence-electron chi connectivity index (χ2n) is 7.03. The maximum atomic E-state index is 11.7. The molecule has 0 aliphatic heterocycles. The lowest BCUT2D eigenvalue weighted by Gasteiger charge is -2.12. The zero-order valence-corrected chi connectivity index (χ0v) is 19.3. The van der Waals surface area contributed by atoms with Gasteiger partial charge in [0.2, 0.25) is 0 Å². The van der Waals surface area contributed by atoms with Gasteiger partial charge in [0, 0.05) is 30.9 Å². The van der Waals surface area contributed by atoms with E-state index in [1.165, 1.54) is 17.4 Å². The molecule has 0 unspecified atom stereocenters. The molecule has 0 atom stereocenters. The summed E-state index contributed by atoms with van der Waals surface area (Å²) < 4.78 is 23.5. The number of nitrogens with one attached hydrogen (secondary N) is 2. The Hall–Kier alpha value is -1.99. The number of nitrogens with zero attached hydrogens (tertiary/aromatic N) is 1. The molecule has 0 saturated heterocycles. The average molecular weight is 434 g/mol. The summed E-state index contributed by atoms with van der Waals surface area (Å²) in [5.41, 5.74) is 4.37. The second-order valence-corrected chi connectivity index (χ2v) is 10.1. The molecule has 0 aliphatic carbocycles. The molecule has 2 rings (SSSR count). The summed E-state index contributed by atoms with van der Waals surface area (Å²) in [7, 11) is -3.19. The Morgan fingerprint density at radius 3 is 2.34 bits per heavy atom. The minimum atomic E-state index is -3.19. The molecule has 29 heavy (non-hydrogen) atoms. The Morgan fingerprint density at radius 2 is 1.72 bits per heavy atom. The first-order chi connectivity index (χ1) is 13.8. The maximum Gasteiger partial charge on any atom is 0.191 e. The van der Waals surface area contributed by atoms with E-state index in [-0.39, 0.29) is 0 Å². The van der Waals surface area contributed by atoms with Gasteiger partial charge in [-0.05, 0) is 43.5 Å². The van der Waals surface area contributed by atoms with Gasteiger partial charge in [-0.3, -0.25) is 0 Å². The van der Waals surface area contributed by atoms with Crippen molar-refractivity contribution in [3.05, 3.63) is 64.7 Å². The van der Waals surface area contributed by atoms with E-state index < -0.39 is 9.84 Å². The average Bonchev–Trinajstić information content (AvgIpc) is 2.66. The second kappa shape index (κ2) is 11.3. The molecule has 5 nitrogen and oxygen atoms in total. The number of hydrogen-bond donors (Lipinski definition) is 2. The van der Waals surface area contributed by atoms with Crippen LogP contribution in [0.4, 0.5) is 0 Å². The lowest BCUT2D eigenvalue weighted by Crippen LogP contribution is -2.38. The highest BCUT2D eigenvalue weighted by Crippen LogP contribution is 2.17. The van der Waals surface area contributed by atoms with Gasteiger partial charge in [0.05, 0.1) is 11.4 Å². The van der Waals surface area contributed by atoms with E-state index >= 15 is 0 Å². The number of aliphatic imine (C=N–C) groups is 1. The molecule has 2 N–H and O–H groups in total. The van der Waals surface area contributed by atoms with Crippen LogP contribution in [-0.4, -0.2) is 39.5 Å². The SMILES string of the molecule is CCNC(=NCc1ccc(S(C)(=O)=O)c(C)c1)NCCSCc1ccc(C)cc1. The van der Waals surface area contributed by atoms with Crippen molar-refractivity contribution < 1.29 is 8.42 Å². The smallest absolute Gasteiger partial charge is 0.191 e. The van der Waals surface area contributed by atoms with E-state index in [9.17, 15) is 8.42 Å². The summed E-state index contributed by atoms with van der Waals surface area (Å²) in [5, 5.41) is 6.61. The third kappa shape index (κ3) is 8.11. The Labute approximate surface area is 179 Å². The molecule has 0 spiro atoms. The van der Waals surface area contributed by atoms with E-state index in [4.69, 9.17) is 0 Å². The van der Waals surface area contributed by atoms with E-state index in [1.54, 1.807) is 6.07 Å². The van der Waals surface area contributed by atoms with Crippen molar-refractivity contribution in [2.75, 3.05) is 25.1 Å². The van der Waals surface area contributed by atoms with Crippen LogP contribution in [0.5, 0.6) is 0 Å². The number of aryl methyl sites for hydroxylation is 2. The van der Waals surface area contributed by atoms with Crippen LogP contribution in [-0.2, 0) is 22.1 Å². The molecule has 0 radical (unpaired) electrons. The van der Waals surface area contributed by atoms with Crippen LogP contribution in [0.25, 0.3) is 0 Å². The minimum absolute atomic E-state index is 0.376. The van der Waals surface area contributed by atoms with E-state index in [1.807, 2.05) is 37.7 Å². The summed E-state index contributed by atoms with van der Waals surface area (Å²) in [4.78, 5) is 4.99. The summed E-state index contributed by atoms with van der Waals surface area (Å²) >= 11 is 1.89. The van der Waals surface area contributed by atoms with Gasteiger partial charge >= 0.3 is 0 Å². The van der Waals surface area contributed by atoms with Crippen LogP contribution in [0.15, 0.2) is 52.4 Å². The van der Waals surface area contributed by atoms with Crippen LogP contribution in [0.2, 0.25) is 0 Å². The van der Waals surface area contributed by atoms with Crippen LogP contribution in [0, 0.1) is 13.8 Å². The highest BCUT2D eigenvalue weighted by atomic mass is 32.2. The molecule has 0 bridgehead atoms. The fourth-order valence-electron chi connectivity index (χ4n) is 2.85. The number of thioether (sulfide) groups is 1. The van der Waals surface area contributed by atoms with Gasteiger partial charge in [-0.15, -0.1) is 0 Å². The van der Waals surface area contributed by atoms with Gasteiger partial charge in [0.1, 0.15) is 0 Å². The predicted molar refractivity (Wildman–Crippen MR) is 124 cm³/mol. The summed E-state index contributed by atoms with van der Waals surface area (Å²) in [5.74, 6) is 2.76. The third-order valence-electron chi connectivity index (χ3n) is 4.33. The van der Waals surface area contributed by atoms with Crippen LogP contribution >= 0.6 is 11.8 Å². The molecule has 0 saturated carbocycles. The number of sulfone groups is 1. The zero-order chi connectivity index (χ0) is 21.3. The molecule has 0 fully saturated rings. The largest absolute Gasteiger partial charge is 0.357 e. The quantitative estimate of drug-likeness (QED) is 0.358. The van der Waals surface area contributed by atoms with Gasteiger partial charge in [-0.2, -0.15) is 11.8 Å². The minimum Gasteiger partial charge on any atom is -0.357 e. The van der Waals surface area contributed by atoms with Crippen molar-refractivity contribution in [2.45, 2.75) is 38.0 Å². The number of rotatable bonds is 9. The standard InChI is InChI=1S/C22H31N3O2S2/c1-5-23-22(24-12-13-28-16-19-8-6-17(2)7-9-19)25-15-20-10-11-21(18(3)14-20)29(4,26)27/h6-11,14H,5,12-13,15-16H2,1-4H3,(H2,23,24,25). The molecule has 0 heterocycles. The Balaban J connectivity index is 1.84. The first-order valence-corrected chi connectivity index (χ1v) is 12.8. The molecule has 7 heteroatoms. The Bertz CT molecular complexity index is 924. The lowest BCUT2D eigenvalue weighted by atomic mass is 10.1. The lowest BCUT2D eigenvalue weighted by molar-refractivity contribution is 0.601. The predicted octanol–water partition coefficient (Wildman–Crippen LogP) is 3.70. The maximum absolute atomic E-state index is 11.7.